The molecule has 138 valence electrons. The molecule has 0 bridgehead atoms. The number of aliphatic hydroxyl groups is 1. The molecule has 0 radical (unpaired) electrons. The molecule has 1 saturated carbocycles. The number of hydrogen-bond donors (Lipinski definition) is 1. The molecule has 3 rings (SSSR count). The van der Waals surface area contributed by atoms with Crippen molar-refractivity contribution in [3.63, 3.8) is 0 Å². The number of amides is 1. The van der Waals surface area contributed by atoms with Gasteiger partial charge in [0.25, 0.3) is 0 Å². The van der Waals surface area contributed by atoms with Crippen molar-refractivity contribution < 1.29 is 14.3 Å². The molecule has 3 nitrogen and oxygen atoms in total. The van der Waals surface area contributed by atoms with Gasteiger partial charge in [0.1, 0.15) is 5.82 Å². The highest BCUT2D eigenvalue weighted by Crippen LogP contribution is 2.38. The second-order valence-corrected chi connectivity index (χ2v) is 7.79. The van der Waals surface area contributed by atoms with Crippen LogP contribution in [0.2, 0.25) is 0 Å². The van der Waals surface area contributed by atoms with Crippen molar-refractivity contribution >= 4 is 5.91 Å². The molecule has 0 spiro atoms. The Labute approximate surface area is 150 Å². The molecule has 2 atom stereocenters. The average molecular weight is 347 g/mol. The molecule has 25 heavy (non-hydrogen) atoms. The van der Waals surface area contributed by atoms with Gasteiger partial charge in [0.15, 0.2) is 0 Å². The lowest BCUT2D eigenvalue weighted by atomic mass is 9.75. The monoisotopic (exact) mass is 347 g/mol. The summed E-state index contributed by atoms with van der Waals surface area (Å²) in [7, 11) is 0. The van der Waals surface area contributed by atoms with Crippen LogP contribution in [0.5, 0.6) is 0 Å². The van der Waals surface area contributed by atoms with Gasteiger partial charge >= 0.3 is 0 Å². The number of aliphatic hydroxyl groups excluding tert-OH is 1. The molecule has 1 aliphatic carbocycles. The zero-order chi connectivity index (χ0) is 17.6. The molecule has 1 heterocycles. The van der Waals surface area contributed by atoms with Crippen LogP contribution in [0.15, 0.2) is 24.3 Å². The standard InChI is InChI=1S/C21H30FNO2/c22-19-10-8-18(9-11-19)20(17-6-2-1-3-7-17)13-21(25)23-12-4-5-16(14-23)15-24/h8-11,16-17,20,24H,1-7,12-15H2. The van der Waals surface area contributed by atoms with Crippen LogP contribution < -0.4 is 0 Å². The van der Waals surface area contributed by atoms with E-state index in [-0.39, 0.29) is 30.2 Å². The first-order valence-corrected chi connectivity index (χ1v) is 9.81. The Balaban J connectivity index is 1.72. The quantitative estimate of drug-likeness (QED) is 0.871. The summed E-state index contributed by atoms with van der Waals surface area (Å²) in [5.74, 6) is 0.887. The summed E-state index contributed by atoms with van der Waals surface area (Å²) >= 11 is 0. The highest BCUT2D eigenvalue weighted by atomic mass is 19.1. The number of piperidine rings is 1. The smallest absolute Gasteiger partial charge is 0.223 e. The van der Waals surface area contributed by atoms with Crippen LogP contribution in [0.1, 0.15) is 62.8 Å². The van der Waals surface area contributed by atoms with Crippen LogP contribution in [0.25, 0.3) is 0 Å². The zero-order valence-corrected chi connectivity index (χ0v) is 15.0. The molecule has 2 aliphatic rings. The lowest BCUT2D eigenvalue weighted by Gasteiger charge is -2.35. The van der Waals surface area contributed by atoms with Gasteiger partial charge in [-0.3, -0.25) is 4.79 Å². The fraction of sp³-hybridized carbons (Fsp3) is 0.667. The normalized spacial score (nSPS) is 23.4. The van der Waals surface area contributed by atoms with Crippen molar-refractivity contribution in [3.05, 3.63) is 35.6 Å². The van der Waals surface area contributed by atoms with E-state index in [1.807, 2.05) is 17.0 Å². The van der Waals surface area contributed by atoms with Crippen LogP contribution in [0.4, 0.5) is 4.39 Å². The van der Waals surface area contributed by atoms with Gasteiger partial charge in [0.05, 0.1) is 0 Å². The Bertz CT molecular complexity index is 554. The van der Waals surface area contributed by atoms with Crippen LogP contribution in [0, 0.1) is 17.7 Å². The number of benzene rings is 1. The van der Waals surface area contributed by atoms with Crippen LogP contribution in [-0.4, -0.2) is 35.6 Å². The largest absolute Gasteiger partial charge is 0.396 e. The van der Waals surface area contributed by atoms with E-state index in [1.165, 1.54) is 31.4 Å². The van der Waals surface area contributed by atoms with Crippen molar-refractivity contribution in [1.82, 2.24) is 4.90 Å². The van der Waals surface area contributed by atoms with Gasteiger partial charge in [-0.2, -0.15) is 0 Å². The predicted molar refractivity (Wildman–Crippen MR) is 96.7 cm³/mol. The lowest BCUT2D eigenvalue weighted by molar-refractivity contribution is -0.134. The molecule has 1 aromatic rings. The first-order valence-electron chi connectivity index (χ1n) is 9.81. The number of likely N-dealkylation sites (tertiary alicyclic amines) is 1. The maximum atomic E-state index is 13.3. The van der Waals surface area contributed by atoms with Gasteiger partial charge in [-0.1, -0.05) is 31.4 Å². The highest BCUT2D eigenvalue weighted by Gasteiger charge is 2.30. The molecule has 2 fully saturated rings. The maximum absolute atomic E-state index is 13.3. The van der Waals surface area contributed by atoms with Crippen molar-refractivity contribution in [3.8, 4) is 0 Å². The third kappa shape index (κ3) is 4.81. The molecule has 1 aromatic carbocycles. The van der Waals surface area contributed by atoms with Gasteiger partial charge in [-0.15, -0.1) is 0 Å². The van der Waals surface area contributed by atoms with Crippen molar-refractivity contribution in [2.45, 2.75) is 57.3 Å². The molecule has 1 aliphatic heterocycles. The number of carbonyl (C=O) groups is 1. The molecule has 1 amide bonds. The van der Waals surface area contributed by atoms with E-state index in [4.69, 9.17) is 0 Å². The summed E-state index contributed by atoms with van der Waals surface area (Å²) in [6.07, 6.45) is 8.55. The predicted octanol–water partition coefficient (Wildman–Crippen LogP) is 4.11. The lowest BCUT2D eigenvalue weighted by Crippen LogP contribution is -2.41. The third-order valence-electron chi connectivity index (χ3n) is 6.04. The molecule has 1 N–H and O–H groups in total. The zero-order valence-electron chi connectivity index (χ0n) is 15.0. The van der Waals surface area contributed by atoms with Crippen LogP contribution >= 0.6 is 0 Å². The number of rotatable bonds is 5. The van der Waals surface area contributed by atoms with E-state index < -0.39 is 0 Å². The topological polar surface area (TPSA) is 40.5 Å². The SMILES string of the molecule is O=C(CC(c1ccc(F)cc1)C1CCCCC1)N1CCCC(CO)C1. The second kappa shape index (κ2) is 8.79. The van der Waals surface area contributed by atoms with E-state index in [1.54, 1.807) is 0 Å². The Morgan fingerprint density at radius 2 is 1.84 bits per heavy atom. The molecular formula is C21H30FNO2. The Kier molecular flexibility index (Phi) is 6.46. The Morgan fingerprint density at radius 1 is 1.12 bits per heavy atom. The molecular weight excluding hydrogens is 317 g/mol. The first-order chi connectivity index (χ1) is 12.2. The Morgan fingerprint density at radius 3 is 2.52 bits per heavy atom. The Hall–Kier alpha value is -1.42. The number of nitrogens with zero attached hydrogens (tertiary/aromatic N) is 1. The third-order valence-corrected chi connectivity index (χ3v) is 6.04. The highest BCUT2D eigenvalue weighted by molar-refractivity contribution is 5.77. The molecule has 1 saturated heterocycles. The second-order valence-electron chi connectivity index (χ2n) is 7.79. The fourth-order valence-corrected chi connectivity index (χ4v) is 4.56. The van der Waals surface area contributed by atoms with Gasteiger partial charge in [-0.25, -0.2) is 4.39 Å². The van der Waals surface area contributed by atoms with Crippen molar-refractivity contribution in [1.29, 1.82) is 0 Å². The van der Waals surface area contributed by atoms with Gasteiger partial charge in [-0.05, 0) is 61.1 Å². The summed E-state index contributed by atoms with van der Waals surface area (Å²) < 4.78 is 13.3. The number of halogens is 1. The first kappa shape index (κ1) is 18.4. The van der Waals surface area contributed by atoms with Gasteiger partial charge in [0.2, 0.25) is 5.91 Å². The molecule has 4 heteroatoms. The summed E-state index contributed by atoms with van der Waals surface area (Å²) in [6.45, 7) is 1.64. The van der Waals surface area contributed by atoms with Crippen LogP contribution in [0.3, 0.4) is 0 Å². The number of hydrogen-bond acceptors (Lipinski definition) is 2. The minimum atomic E-state index is -0.223. The molecule has 2 unspecified atom stereocenters. The minimum Gasteiger partial charge on any atom is -0.396 e. The fourth-order valence-electron chi connectivity index (χ4n) is 4.56. The maximum Gasteiger partial charge on any atom is 0.223 e. The minimum absolute atomic E-state index is 0.161. The summed E-state index contributed by atoms with van der Waals surface area (Å²) in [4.78, 5) is 14.9. The summed E-state index contributed by atoms with van der Waals surface area (Å²) in [5, 5.41) is 9.41. The van der Waals surface area contributed by atoms with E-state index in [0.717, 1.165) is 37.8 Å². The van der Waals surface area contributed by atoms with E-state index >= 15 is 0 Å². The van der Waals surface area contributed by atoms with Crippen LogP contribution in [-0.2, 0) is 4.79 Å². The summed E-state index contributed by atoms with van der Waals surface area (Å²) in [6, 6.07) is 6.74. The van der Waals surface area contributed by atoms with Crippen molar-refractivity contribution in [2.24, 2.45) is 11.8 Å². The molecule has 0 aromatic heterocycles. The van der Waals surface area contributed by atoms with E-state index in [0.29, 0.717) is 18.9 Å². The summed E-state index contributed by atoms with van der Waals surface area (Å²) in [5.41, 5.74) is 1.09. The van der Waals surface area contributed by atoms with E-state index in [9.17, 15) is 14.3 Å². The van der Waals surface area contributed by atoms with E-state index in [2.05, 4.69) is 0 Å². The van der Waals surface area contributed by atoms with Gasteiger partial charge < -0.3 is 10.0 Å². The number of carbonyl (C=O) groups excluding carboxylic acids is 1. The average Bonchev–Trinajstić information content (AvgIpc) is 2.67. The van der Waals surface area contributed by atoms with Gasteiger partial charge in [0, 0.05) is 26.1 Å². The van der Waals surface area contributed by atoms with Crippen molar-refractivity contribution in [2.75, 3.05) is 19.7 Å².